The summed E-state index contributed by atoms with van der Waals surface area (Å²) < 4.78 is 1.64. The fraction of sp³-hybridized carbons (Fsp3) is 0.278. The third kappa shape index (κ3) is 3.26. The number of nitrogens with one attached hydrogen (secondary N) is 1. The zero-order valence-corrected chi connectivity index (χ0v) is 14.4. The fourth-order valence-corrected chi connectivity index (χ4v) is 2.61. The molecular formula is C18H19N5O2. The highest BCUT2D eigenvalue weighted by molar-refractivity contribution is 5.94. The smallest absolute Gasteiger partial charge is 0.256 e. The van der Waals surface area contributed by atoms with E-state index in [0.717, 1.165) is 0 Å². The number of imidazole rings is 1. The van der Waals surface area contributed by atoms with Gasteiger partial charge in [-0.05, 0) is 18.1 Å². The van der Waals surface area contributed by atoms with Gasteiger partial charge in [0.05, 0.1) is 5.69 Å². The molecule has 7 heteroatoms. The molecule has 25 heavy (non-hydrogen) atoms. The summed E-state index contributed by atoms with van der Waals surface area (Å²) in [6.45, 7) is 5.68. The molecule has 0 saturated heterocycles. The van der Waals surface area contributed by atoms with Gasteiger partial charge in [-0.15, -0.1) is 0 Å². The first-order valence-corrected chi connectivity index (χ1v) is 8.13. The van der Waals surface area contributed by atoms with Gasteiger partial charge in [0.15, 0.2) is 5.78 Å². The van der Waals surface area contributed by atoms with Gasteiger partial charge in [-0.1, -0.05) is 20.8 Å². The van der Waals surface area contributed by atoms with Crippen molar-refractivity contribution < 1.29 is 4.79 Å². The summed E-state index contributed by atoms with van der Waals surface area (Å²) in [6, 6.07) is 3.45. The highest BCUT2D eigenvalue weighted by Crippen LogP contribution is 2.25. The molecule has 3 aromatic rings. The Hall–Kier alpha value is -3.09. The maximum absolute atomic E-state index is 12.6. The molecule has 0 aromatic carbocycles. The van der Waals surface area contributed by atoms with Crippen LogP contribution < -0.4 is 5.56 Å². The Kier molecular flexibility index (Phi) is 4.56. The number of ketones is 1. The fourth-order valence-electron chi connectivity index (χ4n) is 2.61. The van der Waals surface area contributed by atoms with Crippen LogP contribution in [0.2, 0.25) is 0 Å². The van der Waals surface area contributed by atoms with Gasteiger partial charge in [0.2, 0.25) is 5.95 Å². The molecule has 0 unspecified atom stereocenters. The van der Waals surface area contributed by atoms with Crippen LogP contribution >= 0.6 is 0 Å². The highest BCUT2D eigenvalue weighted by Gasteiger charge is 2.18. The molecule has 0 fully saturated rings. The van der Waals surface area contributed by atoms with E-state index in [1.54, 1.807) is 48.5 Å². The second-order valence-corrected chi connectivity index (χ2v) is 5.99. The van der Waals surface area contributed by atoms with Crippen molar-refractivity contribution in [3.05, 3.63) is 58.7 Å². The van der Waals surface area contributed by atoms with Crippen LogP contribution in [0.5, 0.6) is 0 Å². The van der Waals surface area contributed by atoms with E-state index in [1.807, 2.05) is 13.8 Å². The Morgan fingerprint density at radius 1 is 1.32 bits per heavy atom. The maximum Gasteiger partial charge on any atom is 0.256 e. The van der Waals surface area contributed by atoms with Gasteiger partial charge < -0.3 is 0 Å². The molecule has 0 radical (unpaired) electrons. The standard InChI is InChI=1S/C18H19N5O2/c1-4-14(24)13-6-5-12(9-20-13)16-15(11(2)3)17(25)22-18(21-16)23-8-7-19-10-23/h5-11H,4H2,1-3H3,(H,21,22,25). The van der Waals surface area contributed by atoms with Crippen LogP contribution in [0, 0.1) is 0 Å². The van der Waals surface area contributed by atoms with E-state index in [4.69, 9.17) is 0 Å². The molecule has 0 aliphatic heterocycles. The van der Waals surface area contributed by atoms with Crippen LogP contribution in [0.15, 0.2) is 41.8 Å². The van der Waals surface area contributed by atoms with Crippen molar-refractivity contribution in [2.45, 2.75) is 33.1 Å². The van der Waals surface area contributed by atoms with E-state index >= 15 is 0 Å². The summed E-state index contributed by atoms with van der Waals surface area (Å²) in [7, 11) is 0. The average Bonchev–Trinajstić information content (AvgIpc) is 3.14. The minimum atomic E-state index is -0.197. The Labute approximate surface area is 144 Å². The predicted octanol–water partition coefficient (Wildman–Crippen LogP) is 2.73. The highest BCUT2D eigenvalue weighted by atomic mass is 16.1. The first-order chi connectivity index (χ1) is 12.0. The normalized spacial score (nSPS) is 11.0. The van der Waals surface area contributed by atoms with Crippen molar-refractivity contribution in [3.8, 4) is 17.2 Å². The number of Topliss-reactive ketones (excluding diaryl/α,β-unsaturated/α-hetero) is 1. The number of pyridine rings is 1. The van der Waals surface area contributed by atoms with Gasteiger partial charge in [-0.2, -0.15) is 0 Å². The predicted molar refractivity (Wildman–Crippen MR) is 93.9 cm³/mol. The van der Waals surface area contributed by atoms with Gasteiger partial charge in [0.1, 0.15) is 12.0 Å². The summed E-state index contributed by atoms with van der Waals surface area (Å²) in [5.41, 5.74) is 2.06. The molecule has 0 saturated carbocycles. The van der Waals surface area contributed by atoms with Crippen LogP contribution in [-0.2, 0) is 0 Å². The molecule has 0 spiro atoms. The molecule has 0 atom stereocenters. The van der Waals surface area contributed by atoms with Crippen molar-refractivity contribution in [2.75, 3.05) is 0 Å². The second-order valence-electron chi connectivity index (χ2n) is 5.99. The minimum Gasteiger partial charge on any atom is -0.292 e. The molecule has 3 rings (SSSR count). The number of aromatic amines is 1. The number of hydrogen-bond acceptors (Lipinski definition) is 5. The monoisotopic (exact) mass is 337 g/mol. The lowest BCUT2D eigenvalue weighted by Gasteiger charge is -2.13. The SMILES string of the molecule is CCC(=O)c1ccc(-c2nc(-n3ccnc3)[nH]c(=O)c2C(C)C)cn1. The molecule has 0 bridgehead atoms. The Morgan fingerprint density at radius 2 is 2.12 bits per heavy atom. The maximum atomic E-state index is 12.6. The Bertz CT molecular complexity index is 941. The van der Waals surface area contributed by atoms with Gasteiger partial charge >= 0.3 is 0 Å². The van der Waals surface area contributed by atoms with Crippen molar-refractivity contribution >= 4 is 5.78 Å². The molecule has 128 valence electrons. The van der Waals surface area contributed by atoms with Gasteiger partial charge in [-0.3, -0.25) is 24.1 Å². The molecule has 3 aromatic heterocycles. The molecule has 0 aliphatic rings. The van der Waals surface area contributed by atoms with E-state index in [2.05, 4.69) is 19.9 Å². The molecule has 7 nitrogen and oxygen atoms in total. The van der Waals surface area contributed by atoms with Crippen LogP contribution in [-0.4, -0.2) is 30.3 Å². The zero-order chi connectivity index (χ0) is 18.0. The van der Waals surface area contributed by atoms with E-state index in [9.17, 15) is 9.59 Å². The van der Waals surface area contributed by atoms with Crippen LogP contribution in [0.25, 0.3) is 17.2 Å². The van der Waals surface area contributed by atoms with Crippen molar-refractivity contribution in [3.63, 3.8) is 0 Å². The first kappa shape index (κ1) is 16.8. The van der Waals surface area contributed by atoms with Crippen LogP contribution in [0.4, 0.5) is 0 Å². The summed E-state index contributed by atoms with van der Waals surface area (Å²) in [4.78, 5) is 39.9. The van der Waals surface area contributed by atoms with E-state index < -0.39 is 0 Å². The molecular weight excluding hydrogens is 318 g/mol. The summed E-state index contributed by atoms with van der Waals surface area (Å²) in [5, 5.41) is 0. The van der Waals surface area contributed by atoms with E-state index in [0.29, 0.717) is 34.9 Å². The Balaban J connectivity index is 2.16. The number of carbonyl (C=O) groups is 1. The van der Waals surface area contributed by atoms with Crippen molar-refractivity contribution in [1.82, 2.24) is 24.5 Å². The largest absolute Gasteiger partial charge is 0.292 e. The van der Waals surface area contributed by atoms with Gasteiger partial charge in [-0.25, -0.2) is 9.97 Å². The summed E-state index contributed by atoms with van der Waals surface area (Å²) in [5.74, 6) is 0.351. The van der Waals surface area contributed by atoms with Crippen molar-refractivity contribution in [2.24, 2.45) is 0 Å². The number of H-pyrrole nitrogens is 1. The summed E-state index contributed by atoms with van der Waals surface area (Å²) >= 11 is 0. The van der Waals surface area contributed by atoms with Gasteiger partial charge in [0, 0.05) is 36.1 Å². The number of rotatable bonds is 5. The first-order valence-electron chi connectivity index (χ1n) is 8.13. The third-order valence-corrected chi connectivity index (χ3v) is 3.91. The second kappa shape index (κ2) is 6.80. The Morgan fingerprint density at radius 3 is 2.68 bits per heavy atom. The average molecular weight is 337 g/mol. The zero-order valence-electron chi connectivity index (χ0n) is 14.4. The lowest BCUT2D eigenvalue weighted by atomic mass is 9.99. The number of nitrogens with zero attached hydrogens (tertiary/aromatic N) is 4. The van der Waals surface area contributed by atoms with E-state index in [-0.39, 0.29) is 17.3 Å². The van der Waals surface area contributed by atoms with Gasteiger partial charge in [0.25, 0.3) is 5.56 Å². The number of hydrogen-bond donors (Lipinski definition) is 1. The molecule has 3 heterocycles. The minimum absolute atomic E-state index is 0.0139. The van der Waals surface area contributed by atoms with E-state index in [1.165, 1.54) is 0 Å². The quantitative estimate of drug-likeness (QED) is 0.723. The molecule has 0 aliphatic carbocycles. The topological polar surface area (TPSA) is 93.5 Å². The van der Waals surface area contributed by atoms with Crippen LogP contribution in [0.1, 0.15) is 49.2 Å². The molecule has 0 amide bonds. The third-order valence-electron chi connectivity index (χ3n) is 3.91. The number of aromatic nitrogens is 5. The lowest BCUT2D eigenvalue weighted by Crippen LogP contribution is -2.20. The molecule has 1 N–H and O–H groups in total. The lowest BCUT2D eigenvalue weighted by molar-refractivity contribution is 0.0983. The summed E-state index contributed by atoms with van der Waals surface area (Å²) in [6.07, 6.45) is 6.88. The number of carbonyl (C=O) groups excluding carboxylic acids is 1. The van der Waals surface area contributed by atoms with Crippen molar-refractivity contribution in [1.29, 1.82) is 0 Å². The van der Waals surface area contributed by atoms with Crippen LogP contribution in [0.3, 0.4) is 0 Å².